The molecule has 2 rings (SSSR count). The largest absolute Gasteiger partial charge is 0.493 e. The first-order chi connectivity index (χ1) is 8.77. The fourth-order valence-corrected chi connectivity index (χ4v) is 2.12. The first-order valence-corrected chi connectivity index (χ1v) is 6.54. The van der Waals surface area contributed by atoms with E-state index in [9.17, 15) is 4.79 Å². The van der Waals surface area contributed by atoms with Crippen molar-refractivity contribution in [1.29, 1.82) is 0 Å². The van der Waals surface area contributed by atoms with Crippen molar-refractivity contribution >= 4 is 16.7 Å². The van der Waals surface area contributed by atoms with Crippen LogP contribution < -0.4 is 4.74 Å². The molecule has 3 nitrogen and oxygen atoms in total. The third-order valence-corrected chi connectivity index (χ3v) is 3.03. The van der Waals surface area contributed by atoms with Crippen LogP contribution in [-0.2, 0) is 0 Å². The molecule has 0 unspecified atom stereocenters. The summed E-state index contributed by atoms with van der Waals surface area (Å²) in [4.78, 5) is 15.3. The predicted molar refractivity (Wildman–Crippen MR) is 73.3 cm³/mol. The number of hydrogen-bond donors (Lipinski definition) is 1. The van der Waals surface area contributed by atoms with Gasteiger partial charge < -0.3 is 9.72 Å². The van der Waals surface area contributed by atoms with Gasteiger partial charge in [-0.3, -0.25) is 4.79 Å². The molecule has 0 amide bonds. The van der Waals surface area contributed by atoms with Crippen molar-refractivity contribution in [1.82, 2.24) is 4.98 Å². The van der Waals surface area contributed by atoms with Crippen LogP contribution in [0.25, 0.3) is 10.9 Å². The number of aromatic nitrogens is 1. The van der Waals surface area contributed by atoms with Gasteiger partial charge >= 0.3 is 0 Å². The Labute approximate surface area is 107 Å². The number of ether oxygens (including phenoxy) is 1. The molecule has 0 saturated heterocycles. The van der Waals surface area contributed by atoms with Crippen LogP contribution in [0.4, 0.5) is 0 Å². The standard InChI is InChI=1S/C15H19NO2/c1-3-5-8-13(17)11-10-16-12-7-6-9-14(15(11)12)18-4-2/h6-7,9-10,16H,3-5,8H2,1-2H3. The molecule has 18 heavy (non-hydrogen) atoms. The van der Waals surface area contributed by atoms with Crippen molar-refractivity contribution in [2.75, 3.05) is 6.61 Å². The second-order valence-corrected chi connectivity index (χ2v) is 4.34. The quantitative estimate of drug-likeness (QED) is 0.783. The third-order valence-electron chi connectivity index (χ3n) is 3.03. The number of carbonyl (C=O) groups excluding carboxylic acids is 1. The number of unbranched alkanes of at least 4 members (excludes halogenated alkanes) is 1. The van der Waals surface area contributed by atoms with Gasteiger partial charge in [0.05, 0.1) is 12.0 Å². The fourth-order valence-electron chi connectivity index (χ4n) is 2.12. The van der Waals surface area contributed by atoms with Crippen LogP contribution in [0, 0.1) is 0 Å². The zero-order chi connectivity index (χ0) is 13.0. The van der Waals surface area contributed by atoms with Crippen molar-refractivity contribution in [3.63, 3.8) is 0 Å². The van der Waals surface area contributed by atoms with Gasteiger partial charge in [0, 0.05) is 23.7 Å². The summed E-state index contributed by atoms with van der Waals surface area (Å²) in [5.74, 6) is 0.978. The number of benzene rings is 1. The van der Waals surface area contributed by atoms with Crippen LogP contribution in [0.5, 0.6) is 5.75 Å². The number of fused-ring (bicyclic) bond motifs is 1. The lowest BCUT2D eigenvalue weighted by atomic mass is 10.0. The van der Waals surface area contributed by atoms with E-state index >= 15 is 0 Å². The molecule has 2 aromatic rings. The topological polar surface area (TPSA) is 42.1 Å². The van der Waals surface area contributed by atoms with E-state index in [2.05, 4.69) is 11.9 Å². The van der Waals surface area contributed by atoms with Gasteiger partial charge in [-0.2, -0.15) is 0 Å². The summed E-state index contributed by atoms with van der Waals surface area (Å²) in [7, 11) is 0. The molecule has 0 fully saturated rings. The van der Waals surface area contributed by atoms with Crippen LogP contribution in [0.3, 0.4) is 0 Å². The van der Waals surface area contributed by atoms with E-state index in [1.807, 2.05) is 25.1 Å². The van der Waals surface area contributed by atoms with Gasteiger partial charge in [-0.15, -0.1) is 0 Å². The van der Waals surface area contributed by atoms with Gasteiger partial charge in [0.15, 0.2) is 5.78 Å². The molecule has 1 heterocycles. The molecule has 0 aliphatic rings. The molecule has 0 atom stereocenters. The van der Waals surface area contributed by atoms with E-state index in [0.29, 0.717) is 13.0 Å². The second kappa shape index (κ2) is 5.71. The number of H-pyrrole nitrogens is 1. The van der Waals surface area contributed by atoms with Gasteiger partial charge in [0.25, 0.3) is 0 Å². The first kappa shape index (κ1) is 12.7. The zero-order valence-electron chi connectivity index (χ0n) is 11.0. The van der Waals surface area contributed by atoms with Crippen molar-refractivity contribution in [3.8, 4) is 5.75 Å². The summed E-state index contributed by atoms with van der Waals surface area (Å²) in [5.41, 5.74) is 1.71. The van der Waals surface area contributed by atoms with E-state index < -0.39 is 0 Å². The molecule has 0 bridgehead atoms. The molecule has 0 aliphatic heterocycles. The molecule has 1 aromatic heterocycles. The third kappa shape index (κ3) is 2.40. The summed E-state index contributed by atoms with van der Waals surface area (Å²) in [6, 6.07) is 5.81. The molecule has 0 saturated carbocycles. The molecule has 1 N–H and O–H groups in total. The van der Waals surface area contributed by atoms with Crippen molar-refractivity contribution < 1.29 is 9.53 Å². The maximum absolute atomic E-state index is 12.2. The summed E-state index contributed by atoms with van der Waals surface area (Å²) in [6.45, 7) is 4.64. The SMILES string of the molecule is CCCCC(=O)c1c[nH]c2cccc(OCC)c12. The van der Waals surface area contributed by atoms with E-state index in [4.69, 9.17) is 4.74 Å². The monoisotopic (exact) mass is 245 g/mol. The van der Waals surface area contributed by atoms with Gasteiger partial charge in [0.2, 0.25) is 0 Å². The van der Waals surface area contributed by atoms with Crippen LogP contribution in [0.1, 0.15) is 43.5 Å². The number of hydrogen-bond acceptors (Lipinski definition) is 2. The maximum Gasteiger partial charge on any atom is 0.165 e. The smallest absolute Gasteiger partial charge is 0.165 e. The van der Waals surface area contributed by atoms with Crippen LogP contribution >= 0.6 is 0 Å². The fraction of sp³-hybridized carbons (Fsp3) is 0.400. The van der Waals surface area contributed by atoms with Gasteiger partial charge in [-0.1, -0.05) is 19.4 Å². The summed E-state index contributed by atoms with van der Waals surface area (Å²) in [5, 5.41) is 0.917. The average molecular weight is 245 g/mol. The zero-order valence-corrected chi connectivity index (χ0v) is 11.0. The minimum atomic E-state index is 0.190. The molecule has 1 aromatic carbocycles. The minimum Gasteiger partial charge on any atom is -0.493 e. The van der Waals surface area contributed by atoms with E-state index in [-0.39, 0.29) is 5.78 Å². The Morgan fingerprint density at radius 1 is 1.33 bits per heavy atom. The number of ketones is 1. The van der Waals surface area contributed by atoms with Gasteiger partial charge in [-0.05, 0) is 25.5 Å². The molecule has 0 aliphatic carbocycles. The highest BCUT2D eigenvalue weighted by Crippen LogP contribution is 2.29. The highest BCUT2D eigenvalue weighted by molar-refractivity contribution is 6.09. The Hall–Kier alpha value is -1.77. The Morgan fingerprint density at radius 2 is 2.17 bits per heavy atom. The molecular weight excluding hydrogens is 226 g/mol. The number of carbonyl (C=O) groups is 1. The molecule has 0 radical (unpaired) electrons. The molecule has 96 valence electrons. The lowest BCUT2D eigenvalue weighted by Crippen LogP contribution is -1.99. The molecule has 0 spiro atoms. The number of nitrogens with one attached hydrogen (secondary N) is 1. The van der Waals surface area contributed by atoms with Crippen LogP contribution in [0.2, 0.25) is 0 Å². The minimum absolute atomic E-state index is 0.190. The number of Topliss-reactive ketones (excluding diaryl/α,β-unsaturated/α-hetero) is 1. The maximum atomic E-state index is 12.2. The van der Waals surface area contributed by atoms with Gasteiger partial charge in [-0.25, -0.2) is 0 Å². The lowest BCUT2D eigenvalue weighted by Gasteiger charge is -2.06. The van der Waals surface area contributed by atoms with Crippen LogP contribution in [0.15, 0.2) is 24.4 Å². The Bertz CT molecular complexity index is 542. The number of aromatic amines is 1. The Morgan fingerprint density at radius 3 is 2.89 bits per heavy atom. The molecular formula is C15H19NO2. The Kier molecular flexibility index (Phi) is 4.03. The van der Waals surface area contributed by atoms with E-state index in [1.54, 1.807) is 6.20 Å². The highest BCUT2D eigenvalue weighted by Gasteiger charge is 2.15. The molecule has 3 heteroatoms. The lowest BCUT2D eigenvalue weighted by molar-refractivity contribution is 0.0981. The predicted octanol–water partition coefficient (Wildman–Crippen LogP) is 3.94. The van der Waals surface area contributed by atoms with E-state index in [0.717, 1.165) is 35.1 Å². The van der Waals surface area contributed by atoms with E-state index in [1.165, 1.54) is 0 Å². The van der Waals surface area contributed by atoms with Crippen molar-refractivity contribution in [3.05, 3.63) is 30.0 Å². The van der Waals surface area contributed by atoms with Crippen molar-refractivity contribution in [2.45, 2.75) is 33.1 Å². The first-order valence-electron chi connectivity index (χ1n) is 6.54. The highest BCUT2D eigenvalue weighted by atomic mass is 16.5. The van der Waals surface area contributed by atoms with Gasteiger partial charge in [0.1, 0.15) is 5.75 Å². The Balaban J connectivity index is 2.41. The summed E-state index contributed by atoms with van der Waals surface area (Å²) < 4.78 is 5.60. The average Bonchev–Trinajstić information content (AvgIpc) is 2.81. The van der Waals surface area contributed by atoms with Crippen LogP contribution in [-0.4, -0.2) is 17.4 Å². The summed E-state index contributed by atoms with van der Waals surface area (Å²) in [6.07, 6.45) is 4.36. The normalized spacial score (nSPS) is 10.8. The van der Waals surface area contributed by atoms with Crippen molar-refractivity contribution in [2.24, 2.45) is 0 Å². The summed E-state index contributed by atoms with van der Waals surface area (Å²) >= 11 is 0. The second-order valence-electron chi connectivity index (χ2n) is 4.34. The number of rotatable bonds is 6.